The molecule has 3 rings (SSSR count). The molecule has 0 saturated carbocycles. The van der Waals surface area contributed by atoms with Gasteiger partial charge in [-0.25, -0.2) is 0 Å². The van der Waals surface area contributed by atoms with Crippen LogP contribution in [0.5, 0.6) is 5.75 Å². The highest BCUT2D eigenvalue weighted by Gasteiger charge is 2.08. The van der Waals surface area contributed by atoms with Crippen molar-refractivity contribution in [2.45, 2.75) is 0 Å². The molecule has 0 amide bonds. The molecule has 0 aliphatic rings. The predicted octanol–water partition coefficient (Wildman–Crippen LogP) is 4.75. The van der Waals surface area contributed by atoms with Crippen LogP contribution in [0.4, 0.5) is 0 Å². The molecule has 104 valence electrons. The van der Waals surface area contributed by atoms with Crippen LogP contribution in [0, 0.1) is 0 Å². The van der Waals surface area contributed by atoms with E-state index in [0.29, 0.717) is 16.3 Å². The third-order valence-corrected chi connectivity index (χ3v) is 3.49. The van der Waals surface area contributed by atoms with E-state index in [0.717, 1.165) is 10.8 Å². The Hall–Kier alpha value is -2.32. The van der Waals surface area contributed by atoms with Crippen molar-refractivity contribution in [3.8, 4) is 5.75 Å². The van der Waals surface area contributed by atoms with Gasteiger partial charge in [0.15, 0.2) is 12.4 Å². The highest BCUT2D eigenvalue weighted by molar-refractivity contribution is 6.31. The zero-order valence-corrected chi connectivity index (χ0v) is 12.0. The number of fused-ring (bicyclic) bond motifs is 1. The normalized spacial score (nSPS) is 10.5. The number of hydrogen-bond donors (Lipinski definition) is 0. The van der Waals surface area contributed by atoms with E-state index in [4.69, 9.17) is 16.3 Å². The number of ether oxygens (including phenoxy) is 1. The van der Waals surface area contributed by atoms with Crippen LogP contribution in [0.1, 0.15) is 10.4 Å². The van der Waals surface area contributed by atoms with Gasteiger partial charge >= 0.3 is 0 Å². The van der Waals surface area contributed by atoms with E-state index in [-0.39, 0.29) is 12.4 Å². The van der Waals surface area contributed by atoms with Crippen molar-refractivity contribution in [1.29, 1.82) is 0 Å². The van der Waals surface area contributed by atoms with Crippen molar-refractivity contribution in [3.63, 3.8) is 0 Å². The zero-order valence-electron chi connectivity index (χ0n) is 11.3. The first-order valence-corrected chi connectivity index (χ1v) is 7.01. The van der Waals surface area contributed by atoms with Crippen LogP contribution >= 0.6 is 11.6 Å². The molecule has 0 aliphatic heterocycles. The van der Waals surface area contributed by atoms with Gasteiger partial charge in [0.2, 0.25) is 0 Å². The summed E-state index contributed by atoms with van der Waals surface area (Å²) in [6, 6.07) is 20.6. The number of rotatable bonds is 4. The predicted molar refractivity (Wildman–Crippen MR) is 85.2 cm³/mol. The van der Waals surface area contributed by atoms with Crippen molar-refractivity contribution in [1.82, 2.24) is 0 Å². The van der Waals surface area contributed by atoms with Crippen LogP contribution in [0.25, 0.3) is 10.8 Å². The first kappa shape index (κ1) is 13.7. The second-order valence-corrected chi connectivity index (χ2v) is 5.14. The average molecular weight is 297 g/mol. The van der Waals surface area contributed by atoms with Crippen LogP contribution < -0.4 is 4.74 Å². The summed E-state index contributed by atoms with van der Waals surface area (Å²) in [4.78, 5) is 12.1. The molecule has 2 nitrogen and oxygen atoms in total. The van der Waals surface area contributed by atoms with Crippen LogP contribution in [0.15, 0.2) is 66.7 Å². The Kier molecular flexibility index (Phi) is 3.89. The van der Waals surface area contributed by atoms with E-state index in [1.807, 2.05) is 42.5 Å². The number of carbonyl (C=O) groups excluding carboxylic acids is 1. The number of hydrogen-bond acceptors (Lipinski definition) is 2. The zero-order chi connectivity index (χ0) is 14.7. The summed E-state index contributed by atoms with van der Waals surface area (Å²) < 4.78 is 5.68. The lowest BCUT2D eigenvalue weighted by atomic mass is 10.1. The number of halogens is 1. The van der Waals surface area contributed by atoms with Crippen LogP contribution in [-0.4, -0.2) is 12.4 Å². The number of carbonyl (C=O) groups is 1. The second-order valence-electron chi connectivity index (χ2n) is 4.70. The van der Waals surface area contributed by atoms with E-state index in [1.165, 1.54) is 0 Å². The minimum absolute atomic E-state index is 0.00561. The standard InChI is InChI=1S/C18H13ClO2/c19-15-8-3-7-14(11-15)17(20)12-21-18-10-4-6-13-5-1-2-9-16(13)18/h1-11H,12H2. The van der Waals surface area contributed by atoms with Crippen molar-refractivity contribution in [2.24, 2.45) is 0 Å². The third kappa shape index (κ3) is 3.06. The summed E-state index contributed by atoms with van der Waals surface area (Å²) in [5, 5.41) is 2.63. The van der Waals surface area contributed by atoms with Gasteiger partial charge in [-0.05, 0) is 23.6 Å². The molecule has 0 heterocycles. The minimum atomic E-state index is -0.0922. The average Bonchev–Trinajstić information content (AvgIpc) is 2.52. The maximum atomic E-state index is 12.1. The van der Waals surface area contributed by atoms with Gasteiger partial charge in [-0.1, -0.05) is 60.1 Å². The molecule has 0 radical (unpaired) electrons. The molecule has 0 N–H and O–H groups in total. The Morgan fingerprint density at radius 2 is 1.71 bits per heavy atom. The lowest BCUT2D eigenvalue weighted by Crippen LogP contribution is -2.11. The fourth-order valence-electron chi connectivity index (χ4n) is 2.21. The Labute approximate surface area is 127 Å². The summed E-state index contributed by atoms with van der Waals surface area (Å²) in [5.74, 6) is 0.619. The van der Waals surface area contributed by atoms with E-state index < -0.39 is 0 Å². The smallest absolute Gasteiger partial charge is 0.200 e. The summed E-state index contributed by atoms with van der Waals surface area (Å²) in [5.41, 5.74) is 0.558. The Morgan fingerprint density at radius 3 is 2.57 bits per heavy atom. The molecule has 0 spiro atoms. The summed E-state index contributed by atoms with van der Waals surface area (Å²) in [7, 11) is 0. The Morgan fingerprint density at radius 1 is 0.952 bits per heavy atom. The molecular weight excluding hydrogens is 284 g/mol. The van der Waals surface area contributed by atoms with Crippen LogP contribution in [0.3, 0.4) is 0 Å². The monoisotopic (exact) mass is 296 g/mol. The van der Waals surface area contributed by atoms with Gasteiger partial charge in [-0.2, -0.15) is 0 Å². The van der Waals surface area contributed by atoms with Gasteiger partial charge < -0.3 is 4.74 Å². The van der Waals surface area contributed by atoms with Crippen LogP contribution in [0.2, 0.25) is 5.02 Å². The van der Waals surface area contributed by atoms with Crippen LogP contribution in [-0.2, 0) is 0 Å². The number of benzene rings is 3. The maximum Gasteiger partial charge on any atom is 0.200 e. The quantitative estimate of drug-likeness (QED) is 0.649. The van der Waals surface area contributed by atoms with Crippen molar-refractivity contribution in [3.05, 3.63) is 77.3 Å². The molecule has 0 unspecified atom stereocenters. The first-order valence-electron chi connectivity index (χ1n) is 6.63. The molecule has 21 heavy (non-hydrogen) atoms. The molecule has 0 bridgehead atoms. The molecule has 3 aromatic carbocycles. The molecule has 0 aliphatic carbocycles. The molecule has 3 aromatic rings. The number of Topliss-reactive ketones (excluding diaryl/α,β-unsaturated/α-hetero) is 1. The highest BCUT2D eigenvalue weighted by atomic mass is 35.5. The fourth-order valence-corrected chi connectivity index (χ4v) is 2.40. The minimum Gasteiger partial charge on any atom is -0.485 e. The van der Waals surface area contributed by atoms with Gasteiger partial charge in [-0.3, -0.25) is 4.79 Å². The molecule has 0 fully saturated rings. The molecule has 0 atom stereocenters. The molecule has 0 saturated heterocycles. The summed E-state index contributed by atoms with van der Waals surface area (Å²) in [6.07, 6.45) is 0. The lowest BCUT2D eigenvalue weighted by Gasteiger charge is -2.09. The van der Waals surface area contributed by atoms with E-state index in [2.05, 4.69) is 0 Å². The van der Waals surface area contributed by atoms with Gasteiger partial charge in [0.25, 0.3) is 0 Å². The topological polar surface area (TPSA) is 26.3 Å². The van der Waals surface area contributed by atoms with Crippen molar-refractivity contribution in [2.75, 3.05) is 6.61 Å². The van der Waals surface area contributed by atoms with Crippen molar-refractivity contribution >= 4 is 28.2 Å². The van der Waals surface area contributed by atoms with Gasteiger partial charge in [0.05, 0.1) is 0 Å². The van der Waals surface area contributed by atoms with Gasteiger partial charge in [0.1, 0.15) is 5.75 Å². The van der Waals surface area contributed by atoms with Gasteiger partial charge in [0, 0.05) is 16.0 Å². The Balaban J connectivity index is 1.79. The van der Waals surface area contributed by atoms with Gasteiger partial charge in [-0.15, -0.1) is 0 Å². The van der Waals surface area contributed by atoms with E-state index >= 15 is 0 Å². The second kappa shape index (κ2) is 5.98. The largest absolute Gasteiger partial charge is 0.485 e. The lowest BCUT2D eigenvalue weighted by molar-refractivity contribution is 0.0922. The summed E-state index contributed by atoms with van der Waals surface area (Å²) in [6.45, 7) is -0.00561. The fraction of sp³-hybridized carbons (Fsp3) is 0.0556. The number of ketones is 1. The van der Waals surface area contributed by atoms with Crippen molar-refractivity contribution < 1.29 is 9.53 Å². The van der Waals surface area contributed by atoms with E-state index in [9.17, 15) is 4.79 Å². The highest BCUT2D eigenvalue weighted by Crippen LogP contribution is 2.25. The molecule has 3 heteroatoms. The van der Waals surface area contributed by atoms with E-state index in [1.54, 1.807) is 24.3 Å². The molecule has 0 aromatic heterocycles. The summed E-state index contributed by atoms with van der Waals surface area (Å²) >= 11 is 5.89. The molecular formula is C18H13ClO2. The Bertz CT molecular complexity index is 791. The SMILES string of the molecule is O=C(COc1cccc2ccccc12)c1cccc(Cl)c1. The maximum absolute atomic E-state index is 12.1. The third-order valence-electron chi connectivity index (χ3n) is 3.25. The first-order chi connectivity index (χ1) is 10.2.